The molecule has 4 aromatic rings. The number of carbonyl (C=O) groups is 1. The maximum absolute atomic E-state index is 12.5. The summed E-state index contributed by atoms with van der Waals surface area (Å²) >= 11 is 0. The van der Waals surface area contributed by atoms with E-state index in [1.165, 1.54) is 6.33 Å². The monoisotopic (exact) mass is 414 g/mol. The fourth-order valence-corrected chi connectivity index (χ4v) is 3.08. The maximum atomic E-state index is 12.5. The van der Waals surface area contributed by atoms with Crippen LogP contribution in [0.2, 0.25) is 0 Å². The summed E-state index contributed by atoms with van der Waals surface area (Å²) in [5, 5.41) is 14.7. The van der Waals surface area contributed by atoms with E-state index in [-0.39, 0.29) is 5.91 Å². The minimum atomic E-state index is -0.156. The number of pyridine rings is 1. The SMILES string of the molecule is Cc1ccnc(CNC(=O)c2cccc(NCc3nnc(-c4ccncn4)n3C)c2)c1. The molecule has 3 heterocycles. The summed E-state index contributed by atoms with van der Waals surface area (Å²) in [6.07, 6.45) is 4.89. The van der Waals surface area contributed by atoms with Crippen LogP contribution in [-0.2, 0) is 20.1 Å². The Bertz CT molecular complexity index is 1190. The lowest BCUT2D eigenvalue weighted by Gasteiger charge is -2.09. The third-order valence-electron chi connectivity index (χ3n) is 4.75. The molecule has 0 unspecified atom stereocenters. The average Bonchev–Trinajstić information content (AvgIpc) is 3.17. The molecule has 1 aromatic carbocycles. The van der Waals surface area contributed by atoms with E-state index in [0.717, 1.165) is 22.8 Å². The molecule has 3 aromatic heterocycles. The van der Waals surface area contributed by atoms with E-state index < -0.39 is 0 Å². The lowest BCUT2D eigenvalue weighted by atomic mass is 10.2. The van der Waals surface area contributed by atoms with E-state index in [1.807, 2.05) is 42.8 Å². The first-order valence-electron chi connectivity index (χ1n) is 9.78. The molecule has 9 heteroatoms. The smallest absolute Gasteiger partial charge is 0.251 e. The van der Waals surface area contributed by atoms with Crippen LogP contribution in [0.1, 0.15) is 27.4 Å². The first kappa shape index (κ1) is 20.1. The number of aryl methyl sites for hydroxylation is 1. The quantitative estimate of drug-likeness (QED) is 0.478. The van der Waals surface area contributed by atoms with Gasteiger partial charge < -0.3 is 15.2 Å². The van der Waals surface area contributed by atoms with Gasteiger partial charge >= 0.3 is 0 Å². The maximum Gasteiger partial charge on any atom is 0.251 e. The predicted octanol–water partition coefficient (Wildman–Crippen LogP) is 2.52. The molecule has 4 rings (SSSR count). The topological polar surface area (TPSA) is 111 Å². The zero-order valence-electron chi connectivity index (χ0n) is 17.3. The Balaban J connectivity index is 1.39. The highest BCUT2D eigenvalue weighted by atomic mass is 16.1. The molecule has 0 atom stereocenters. The molecule has 0 aliphatic heterocycles. The van der Waals surface area contributed by atoms with Crippen LogP contribution in [-0.4, -0.2) is 35.6 Å². The second kappa shape index (κ2) is 9.12. The third kappa shape index (κ3) is 4.89. The molecule has 0 radical (unpaired) electrons. The van der Waals surface area contributed by atoms with Crippen molar-refractivity contribution in [2.75, 3.05) is 5.32 Å². The summed E-state index contributed by atoms with van der Waals surface area (Å²) in [4.78, 5) is 24.9. The third-order valence-corrected chi connectivity index (χ3v) is 4.75. The molecule has 9 nitrogen and oxygen atoms in total. The fourth-order valence-electron chi connectivity index (χ4n) is 3.08. The van der Waals surface area contributed by atoms with Crippen LogP contribution in [0.4, 0.5) is 5.69 Å². The first-order chi connectivity index (χ1) is 15.1. The summed E-state index contributed by atoms with van der Waals surface area (Å²) in [7, 11) is 1.89. The van der Waals surface area contributed by atoms with E-state index >= 15 is 0 Å². The van der Waals surface area contributed by atoms with Crippen molar-refractivity contribution >= 4 is 11.6 Å². The molecular weight excluding hydrogens is 392 g/mol. The number of hydrogen-bond acceptors (Lipinski definition) is 7. The van der Waals surface area contributed by atoms with Crippen molar-refractivity contribution in [3.8, 4) is 11.5 Å². The van der Waals surface area contributed by atoms with Crippen molar-refractivity contribution in [3.63, 3.8) is 0 Å². The number of hydrogen-bond donors (Lipinski definition) is 2. The van der Waals surface area contributed by atoms with E-state index in [9.17, 15) is 4.79 Å². The van der Waals surface area contributed by atoms with Gasteiger partial charge in [0.2, 0.25) is 0 Å². The lowest BCUT2D eigenvalue weighted by Crippen LogP contribution is -2.23. The highest BCUT2D eigenvalue weighted by molar-refractivity contribution is 5.95. The molecule has 156 valence electrons. The Morgan fingerprint density at radius 3 is 2.74 bits per heavy atom. The number of benzene rings is 1. The minimum Gasteiger partial charge on any atom is -0.378 e. The Morgan fingerprint density at radius 1 is 1.03 bits per heavy atom. The van der Waals surface area contributed by atoms with Gasteiger partial charge in [-0.25, -0.2) is 9.97 Å². The number of aromatic nitrogens is 6. The molecule has 1 amide bonds. The molecule has 0 saturated carbocycles. The highest BCUT2D eigenvalue weighted by Gasteiger charge is 2.12. The summed E-state index contributed by atoms with van der Waals surface area (Å²) in [5.74, 6) is 1.25. The number of amides is 1. The number of anilines is 1. The fraction of sp³-hybridized carbons (Fsp3) is 0.182. The second-order valence-electron chi connectivity index (χ2n) is 7.04. The minimum absolute atomic E-state index is 0.156. The van der Waals surface area contributed by atoms with Crippen LogP contribution in [0.15, 0.2) is 61.2 Å². The van der Waals surface area contributed by atoms with Gasteiger partial charge in [-0.2, -0.15) is 0 Å². The summed E-state index contributed by atoms with van der Waals surface area (Å²) in [6, 6.07) is 13.0. The van der Waals surface area contributed by atoms with Crippen molar-refractivity contribution in [3.05, 3.63) is 83.8 Å². The number of nitrogens with zero attached hydrogens (tertiary/aromatic N) is 6. The number of rotatable bonds is 7. The van der Waals surface area contributed by atoms with Crippen LogP contribution >= 0.6 is 0 Å². The molecule has 0 saturated heterocycles. The van der Waals surface area contributed by atoms with E-state index in [2.05, 4.69) is 35.8 Å². The summed E-state index contributed by atoms with van der Waals surface area (Å²) < 4.78 is 1.88. The van der Waals surface area contributed by atoms with Crippen molar-refractivity contribution in [1.29, 1.82) is 0 Å². The van der Waals surface area contributed by atoms with Gasteiger partial charge in [0.1, 0.15) is 12.0 Å². The first-order valence-corrected chi connectivity index (χ1v) is 9.78. The Morgan fingerprint density at radius 2 is 1.94 bits per heavy atom. The van der Waals surface area contributed by atoms with Crippen molar-refractivity contribution in [1.82, 2.24) is 35.0 Å². The standard InChI is InChI=1S/C22H22N8O/c1-15-6-9-24-18(10-15)12-26-22(31)16-4-3-5-17(11-16)25-13-20-28-29-21(30(20)2)19-7-8-23-14-27-19/h3-11,14,25H,12-13H2,1-2H3,(H,26,31). The van der Waals surface area contributed by atoms with Gasteiger partial charge in [0, 0.05) is 30.7 Å². The van der Waals surface area contributed by atoms with Crippen LogP contribution in [0.25, 0.3) is 11.5 Å². The van der Waals surface area contributed by atoms with Gasteiger partial charge in [-0.15, -0.1) is 10.2 Å². The summed E-state index contributed by atoms with van der Waals surface area (Å²) in [5.41, 5.74) is 4.02. The highest BCUT2D eigenvalue weighted by Crippen LogP contribution is 2.16. The van der Waals surface area contributed by atoms with Crippen molar-refractivity contribution in [2.45, 2.75) is 20.0 Å². The zero-order valence-corrected chi connectivity index (χ0v) is 17.3. The molecule has 31 heavy (non-hydrogen) atoms. The van der Waals surface area contributed by atoms with Crippen LogP contribution in [0.3, 0.4) is 0 Å². The van der Waals surface area contributed by atoms with E-state index in [4.69, 9.17) is 0 Å². The van der Waals surface area contributed by atoms with Gasteiger partial charge in [0.25, 0.3) is 5.91 Å². The van der Waals surface area contributed by atoms with E-state index in [0.29, 0.717) is 30.2 Å². The Labute approximate surface area is 179 Å². The summed E-state index contributed by atoms with van der Waals surface area (Å²) in [6.45, 7) is 2.82. The van der Waals surface area contributed by atoms with Gasteiger partial charge in [-0.3, -0.25) is 9.78 Å². The normalized spacial score (nSPS) is 10.6. The molecule has 2 N–H and O–H groups in total. The van der Waals surface area contributed by atoms with Gasteiger partial charge in [-0.05, 0) is 48.9 Å². The number of nitrogens with one attached hydrogen (secondary N) is 2. The molecule has 0 aliphatic carbocycles. The van der Waals surface area contributed by atoms with Gasteiger partial charge in [0.15, 0.2) is 11.6 Å². The molecule has 0 fully saturated rings. The van der Waals surface area contributed by atoms with Crippen LogP contribution < -0.4 is 10.6 Å². The van der Waals surface area contributed by atoms with Gasteiger partial charge in [0.05, 0.1) is 18.8 Å². The van der Waals surface area contributed by atoms with E-state index in [1.54, 1.807) is 30.6 Å². The largest absolute Gasteiger partial charge is 0.378 e. The average molecular weight is 414 g/mol. The molecule has 0 bridgehead atoms. The van der Waals surface area contributed by atoms with Crippen molar-refractivity contribution in [2.24, 2.45) is 7.05 Å². The van der Waals surface area contributed by atoms with Crippen LogP contribution in [0.5, 0.6) is 0 Å². The van der Waals surface area contributed by atoms with Gasteiger partial charge in [-0.1, -0.05) is 6.07 Å². The molecule has 0 aliphatic rings. The Kier molecular flexibility index (Phi) is 5.93. The Hall–Kier alpha value is -4.14. The van der Waals surface area contributed by atoms with Crippen molar-refractivity contribution < 1.29 is 4.79 Å². The zero-order chi connectivity index (χ0) is 21.6. The predicted molar refractivity (Wildman–Crippen MR) is 116 cm³/mol. The van der Waals surface area contributed by atoms with Crippen LogP contribution in [0, 0.1) is 6.92 Å². The number of carbonyl (C=O) groups excluding carboxylic acids is 1. The molecule has 0 spiro atoms. The molecular formula is C22H22N8O. The lowest BCUT2D eigenvalue weighted by molar-refractivity contribution is 0.0950. The second-order valence-corrected chi connectivity index (χ2v) is 7.04.